The standard InChI is InChI=1S/C19H28F3NO2S/c1-17(2)10-8-15(9-11-17)23-13-18(3,4)26(24,25)16-7-5-6-14(12-16)19(20,21)22/h5-7,12,15,23H,8-11,13H2,1-4H3. The van der Waals surface area contributed by atoms with Gasteiger partial charge in [-0.05, 0) is 63.1 Å². The van der Waals surface area contributed by atoms with Crippen LogP contribution in [-0.4, -0.2) is 25.8 Å². The SMILES string of the molecule is CC1(C)CCC(NCC(C)(C)S(=O)(=O)c2cccc(C(F)(F)F)c2)CC1. The number of hydrogen-bond acceptors (Lipinski definition) is 3. The Morgan fingerprint density at radius 1 is 1.15 bits per heavy atom. The van der Waals surface area contributed by atoms with E-state index in [1.165, 1.54) is 6.07 Å². The lowest BCUT2D eigenvalue weighted by Crippen LogP contribution is -2.47. The molecule has 0 aliphatic heterocycles. The van der Waals surface area contributed by atoms with Crippen molar-refractivity contribution in [1.82, 2.24) is 5.32 Å². The van der Waals surface area contributed by atoms with Gasteiger partial charge in [-0.25, -0.2) is 8.42 Å². The molecule has 3 nitrogen and oxygen atoms in total. The van der Waals surface area contributed by atoms with E-state index in [0.717, 1.165) is 43.9 Å². The molecule has 1 N–H and O–H groups in total. The number of hydrogen-bond donors (Lipinski definition) is 1. The quantitative estimate of drug-likeness (QED) is 0.783. The van der Waals surface area contributed by atoms with Gasteiger partial charge in [-0.3, -0.25) is 0 Å². The highest BCUT2D eigenvalue weighted by Crippen LogP contribution is 2.36. The third kappa shape index (κ3) is 4.80. The van der Waals surface area contributed by atoms with Crippen LogP contribution in [0.1, 0.15) is 58.9 Å². The third-order valence-corrected chi connectivity index (χ3v) is 7.83. The first-order chi connectivity index (χ1) is 11.7. The molecule has 1 fully saturated rings. The van der Waals surface area contributed by atoms with Crippen molar-refractivity contribution in [3.05, 3.63) is 29.8 Å². The van der Waals surface area contributed by atoms with Crippen molar-refractivity contribution >= 4 is 9.84 Å². The number of nitrogens with one attached hydrogen (secondary N) is 1. The van der Waals surface area contributed by atoms with E-state index >= 15 is 0 Å². The Labute approximate surface area is 154 Å². The molecule has 0 radical (unpaired) electrons. The van der Waals surface area contributed by atoms with Crippen LogP contribution < -0.4 is 5.32 Å². The van der Waals surface area contributed by atoms with Gasteiger partial charge >= 0.3 is 6.18 Å². The molecule has 148 valence electrons. The zero-order valence-electron chi connectivity index (χ0n) is 15.8. The maximum absolute atomic E-state index is 12.9. The van der Waals surface area contributed by atoms with Gasteiger partial charge in [0.2, 0.25) is 0 Å². The second kappa shape index (κ2) is 7.15. The third-order valence-electron chi connectivity index (χ3n) is 5.35. The van der Waals surface area contributed by atoms with Crippen LogP contribution in [0, 0.1) is 5.41 Å². The molecule has 1 aliphatic carbocycles. The average Bonchev–Trinajstić information content (AvgIpc) is 2.53. The van der Waals surface area contributed by atoms with E-state index in [4.69, 9.17) is 0 Å². The van der Waals surface area contributed by atoms with E-state index in [1.807, 2.05) is 0 Å². The summed E-state index contributed by atoms with van der Waals surface area (Å²) in [5.74, 6) is 0. The molecule has 7 heteroatoms. The smallest absolute Gasteiger partial charge is 0.312 e. The molecule has 26 heavy (non-hydrogen) atoms. The van der Waals surface area contributed by atoms with Gasteiger partial charge in [-0.2, -0.15) is 13.2 Å². The van der Waals surface area contributed by atoms with E-state index in [1.54, 1.807) is 13.8 Å². The lowest BCUT2D eigenvalue weighted by molar-refractivity contribution is -0.137. The van der Waals surface area contributed by atoms with Gasteiger partial charge in [0, 0.05) is 12.6 Å². The summed E-state index contributed by atoms with van der Waals surface area (Å²) in [6.45, 7) is 7.78. The summed E-state index contributed by atoms with van der Waals surface area (Å²) in [6.07, 6.45) is -0.459. The van der Waals surface area contributed by atoms with E-state index in [-0.39, 0.29) is 17.5 Å². The Balaban J connectivity index is 2.12. The van der Waals surface area contributed by atoms with Gasteiger partial charge in [-0.1, -0.05) is 19.9 Å². The summed E-state index contributed by atoms with van der Waals surface area (Å²) in [6, 6.07) is 4.23. The maximum Gasteiger partial charge on any atom is 0.416 e. The monoisotopic (exact) mass is 391 g/mol. The molecule has 0 unspecified atom stereocenters. The average molecular weight is 391 g/mol. The highest BCUT2D eigenvalue weighted by molar-refractivity contribution is 7.92. The van der Waals surface area contributed by atoms with Gasteiger partial charge in [0.05, 0.1) is 15.2 Å². The molecular formula is C19H28F3NO2S. The summed E-state index contributed by atoms with van der Waals surface area (Å²) in [5.41, 5.74) is -0.630. The van der Waals surface area contributed by atoms with E-state index in [9.17, 15) is 21.6 Å². The Bertz CT molecular complexity index is 729. The van der Waals surface area contributed by atoms with Crippen LogP contribution in [0.5, 0.6) is 0 Å². The molecule has 0 saturated heterocycles. The lowest BCUT2D eigenvalue weighted by atomic mass is 9.75. The van der Waals surface area contributed by atoms with Crippen LogP contribution in [0.15, 0.2) is 29.2 Å². The van der Waals surface area contributed by atoms with Crippen molar-refractivity contribution in [1.29, 1.82) is 0 Å². The Kier molecular flexibility index (Phi) is 5.84. The molecule has 2 rings (SSSR count). The van der Waals surface area contributed by atoms with E-state index in [2.05, 4.69) is 19.2 Å². The normalized spacial score (nSPS) is 19.5. The van der Waals surface area contributed by atoms with Crippen molar-refractivity contribution in [3.63, 3.8) is 0 Å². The Morgan fingerprint density at radius 3 is 2.27 bits per heavy atom. The van der Waals surface area contributed by atoms with Crippen LogP contribution in [0.2, 0.25) is 0 Å². The number of alkyl halides is 3. The molecule has 1 aliphatic rings. The summed E-state index contributed by atoms with van der Waals surface area (Å²) < 4.78 is 63.3. The van der Waals surface area contributed by atoms with Crippen LogP contribution >= 0.6 is 0 Å². The number of sulfone groups is 1. The summed E-state index contributed by atoms with van der Waals surface area (Å²) in [4.78, 5) is -0.288. The molecule has 0 aromatic heterocycles. The second-order valence-corrected chi connectivity index (χ2v) is 11.2. The maximum atomic E-state index is 12.9. The van der Waals surface area contributed by atoms with Crippen LogP contribution in [0.25, 0.3) is 0 Å². The van der Waals surface area contributed by atoms with Gasteiger partial charge in [0.1, 0.15) is 0 Å². The van der Waals surface area contributed by atoms with Gasteiger partial charge in [0.15, 0.2) is 9.84 Å². The van der Waals surface area contributed by atoms with Crippen LogP contribution in [0.4, 0.5) is 13.2 Å². The molecule has 1 aromatic rings. The number of benzene rings is 1. The second-order valence-electron chi connectivity index (χ2n) is 8.61. The molecule has 0 bridgehead atoms. The zero-order valence-corrected chi connectivity index (χ0v) is 16.6. The van der Waals surface area contributed by atoms with Crippen molar-refractivity contribution in [2.45, 2.75) is 75.2 Å². The first kappa shape index (κ1) is 21.2. The van der Waals surface area contributed by atoms with Gasteiger partial charge in [-0.15, -0.1) is 0 Å². The number of rotatable bonds is 5. The zero-order chi connectivity index (χ0) is 19.8. The fraction of sp³-hybridized carbons (Fsp3) is 0.684. The van der Waals surface area contributed by atoms with Crippen LogP contribution in [-0.2, 0) is 16.0 Å². The highest BCUT2D eigenvalue weighted by Gasteiger charge is 2.38. The van der Waals surface area contributed by atoms with Crippen molar-refractivity contribution in [3.8, 4) is 0 Å². The van der Waals surface area contributed by atoms with E-state index < -0.39 is 26.3 Å². The highest BCUT2D eigenvalue weighted by atomic mass is 32.2. The topological polar surface area (TPSA) is 46.2 Å². The number of halogens is 3. The summed E-state index contributed by atoms with van der Waals surface area (Å²) in [5, 5.41) is 3.32. The minimum atomic E-state index is -4.57. The fourth-order valence-corrected chi connectivity index (χ4v) is 4.70. The molecular weight excluding hydrogens is 363 g/mol. The first-order valence-electron chi connectivity index (χ1n) is 8.90. The molecule has 1 aromatic carbocycles. The molecule has 0 amide bonds. The Hall–Kier alpha value is -1.08. The Morgan fingerprint density at radius 2 is 1.73 bits per heavy atom. The van der Waals surface area contributed by atoms with Crippen LogP contribution in [0.3, 0.4) is 0 Å². The largest absolute Gasteiger partial charge is 0.416 e. The predicted molar refractivity (Wildman–Crippen MR) is 96.7 cm³/mol. The molecule has 0 spiro atoms. The summed E-state index contributed by atoms with van der Waals surface area (Å²) in [7, 11) is -3.91. The fourth-order valence-electron chi connectivity index (χ4n) is 3.25. The molecule has 0 atom stereocenters. The molecule has 0 heterocycles. The minimum Gasteiger partial charge on any atom is -0.312 e. The molecule has 1 saturated carbocycles. The van der Waals surface area contributed by atoms with Crippen molar-refractivity contribution in [2.75, 3.05) is 6.54 Å². The van der Waals surface area contributed by atoms with E-state index in [0.29, 0.717) is 5.41 Å². The van der Waals surface area contributed by atoms with Crippen molar-refractivity contribution < 1.29 is 21.6 Å². The van der Waals surface area contributed by atoms with Gasteiger partial charge < -0.3 is 5.32 Å². The van der Waals surface area contributed by atoms with Crippen molar-refractivity contribution in [2.24, 2.45) is 5.41 Å². The lowest BCUT2D eigenvalue weighted by Gasteiger charge is -2.36. The first-order valence-corrected chi connectivity index (χ1v) is 10.4. The minimum absolute atomic E-state index is 0.205. The predicted octanol–water partition coefficient (Wildman–Crippen LogP) is 4.82. The van der Waals surface area contributed by atoms with Gasteiger partial charge in [0.25, 0.3) is 0 Å². The summed E-state index contributed by atoms with van der Waals surface area (Å²) >= 11 is 0.